The fraction of sp³-hybridized carbons (Fsp3) is 0.588. The Bertz CT molecular complexity index is 520. The molecule has 1 aromatic carbocycles. The molecule has 0 saturated heterocycles. The van der Waals surface area contributed by atoms with E-state index in [9.17, 15) is 9.90 Å². The SMILES string of the molecule is CC1CN(C(C)C)c2cc(CC(C)(C)C(=O)O)ccc21. The summed E-state index contributed by atoms with van der Waals surface area (Å²) in [7, 11) is 0. The van der Waals surface area contributed by atoms with Gasteiger partial charge < -0.3 is 10.0 Å². The molecule has 0 amide bonds. The maximum absolute atomic E-state index is 11.3. The van der Waals surface area contributed by atoms with Crippen molar-refractivity contribution in [2.75, 3.05) is 11.4 Å². The molecule has 20 heavy (non-hydrogen) atoms. The Morgan fingerprint density at radius 1 is 1.45 bits per heavy atom. The predicted octanol–water partition coefficient (Wildman–Crippen LogP) is 3.67. The Balaban J connectivity index is 2.32. The van der Waals surface area contributed by atoms with Gasteiger partial charge in [0.1, 0.15) is 0 Å². The van der Waals surface area contributed by atoms with Crippen molar-refractivity contribution in [1.82, 2.24) is 0 Å². The second kappa shape index (κ2) is 5.12. The molecule has 1 N–H and O–H groups in total. The van der Waals surface area contributed by atoms with E-state index < -0.39 is 11.4 Å². The maximum atomic E-state index is 11.3. The highest BCUT2D eigenvalue weighted by Crippen LogP contribution is 2.38. The van der Waals surface area contributed by atoms with Gasteiger partial charge in [-0.25, -0.2) is 0 Å². The van der Waals surface area contributed by atoms with Crippen LogP contribution >= 0.6 is 0 Å². The Morgan fingerprint density at radius 2 is 2.10 bits per heavy atom. The van der Waals surface area contributed by atoms with E-state index >= 15 is 0 Å². The molecule has 0 saturated carbocycles. The van der Waals surface area contributed by atoms with Gasteiger partial charge in [0.05, 0.1) is 5.41 Å². The second-order valence-electron chi connectivity index (χ2n) is 6.91. The molecule has 3 nitrogen and oxygen atoms in total. The second-order valence-corrected chi connectivity index (χ2v) is 6.91. The number of hydrogen-bond acceptors (Lipinski definition) is 2. The quantitative estimate of drug-likeness (QED) is 0.911. The van der Waals surface area contributed by atoms with Crippen molar-refractivity contribution in [3.8, 4) is 0 Å². The van der Waals surface area contributed by atoms with Gasteiger partial charge in [0, 0.05) is 24.2 Å². The van der Waals surface area contributed by atoms with Gasteiger partial charge in [0.2, 0.25) is 0 Å². The van der Waals surface area contributed by atoms with Crippen LogP contribution in [-0.2, 0) is 11.2 Å². The molecule has 1 aliphatic rings. The van der Waals surface area contributed by atoms with Gasteiger partial charge in [0.15, 0.2) is 0 Å². The van der Waals surface area contributed by atoms with Crippen LogP contribution in [0.25, 0.3) is 0 Å². The van der Waals surface area contributed by atoms with E-state index in [1.165, 1.54) is 11.3 Å². The molecule has 0 aliphatic carbocycles. The summed E-state index contributed by atoms with van der Waals surface area (Å²) in [6.07, 6.45) is 0.565. The lowest BCUT2D eigenvalue weighted by molar-refractivity contribution is -0.146. The Hall–Kier alpha value is -1.51. The van der Waals surface area contributed by atoms with Crippen molar-refractivity contribution in [3.63, 3.8) is 0 Å². The van der Waals surface area contributed by atoms with Crippen molar-refractivity contribution >= 4 is 11.7 Å². The first-order chi connectivity index (χ1) is 9.22. The molecule has 0 bridgehead atoms. The molecule has 0 radical (unpaired) electrons. The maximum Gasteiger partial charge on any atom is 0.309 e. The molecule has 1 aromatic rings. The highest BCUT2D eigenvalue weighted by molar-refractivity contribution is 5.74. The number of hydrogen-bond donors (Lipinski definition) is 1. The van der Waals surface area contributed by atoms with Crippen LogP contribution in [0.2, 0.25) is 0 Å². The minimum absolute atomic E-state index is 0.474. The zero-order valence-corrected chi connectivity index (χ0v) is 13.1. The third-order valence-electron chi connectivity index (χ3n) is 4.25. The fourth-order valence-electron chi connectivity index (χ4n) is 2.93. The van der Waals surface area contributed by atoms with Crippen molar-refractivity contribution in [3.05, 3.63) is 29.3 Å². The lowest BCUT2D eigenvalue weighted by atomic mass is 9.85. The Kier molecular flexibility index (Phi) is 3.81. The number of fused-ring (bicyclic) bond motifs is 1. The first-order valence-corrected chi connectivity index (χ1v) is 7.35. The van der Waals surface area contributed by atoms with Gasteiger partial charge in [-0.3, -0.25) is 4.79 Å². The van der Waals surface area contributed by atoms with Crippen LogP contribution in [0.15, 0.2) is 18.2 Å². The van der Waals surface area contributed by atoms with E-state index in [0.29, 0.717) is 18.4 Å². The van der Waals surface area contributed by atoms with Gasteiger partial charge in [-0.2, -0.15) is 0 Å². The largest absolute Gasteiger partial charge is 0.481 e. The molecule has 2 rings (SSSR count). The number of carboxylic acids is 1. The van der Waals surface area contributed by atoms with E-state index in [1.807, 2.05) is 0 Å². The number of aliphatic carboxylic acids is 1. The van der Waals surface area contributed by atoms with E-state index in [2.05, 4.69) is 43.9 Å². The van der Waals surface area contributed by atoms with Crippen molar-refractivity contribution < 1.29 is 9.90 Å². The molecular weight excluding hydrogens is 250 g/mol. The summed E-state index contributed by atoms with van der Waals surface area (Å²) in [5.41, 5.74) is 3.05. The van der Waals surface area contributed by atoms with Crippen molar-refractivity contribution in [1.29, 1.82) is 0 Å². The average molecular weight is 275 g/mol. The molecular formula is C17H25NO2. The van der Waals surface area contributed by atoms with Gasteiger partial charge in [0.25, 0.3) is 0 Å². The summed E-state index contributed by atoms with van der Waals surface area (Å²) in [5.74, 6) is -0.194. The third-order valence-corrected chi connectivity index (χ3v) is 4.25. The molecule has 1 atom stereocenters. The lowest BCUT2D eigenvalue weighted by Crippen LogP contribution is -2.29. The molecule has 0 aromatic heterocycles. The molecule has 1 heterocycles. The van der Waals surface area contributed by atoms with E-state index in [0.717, 1.165) is 12.1 Å². The summed E-state index contributed by atoms with van der Waals surface area (Å²) in [6.45, 7) is 11.3. The average Bonchev–Trinajstić information content (AvgIpc) is 2.66. The number of benzene rings is 1. The van der Waals surface area contributed by atoms with Gasteiger partial charge in [-0.15, -0.1) is 0 Å². The molecule has 110 valence electrons. The van der Waals surface area contributed by atoms with Crippen molar-refractivity contribution in [2.24, 2.45) is 5.41 Å². The summed E-state index contributed by atoms with van der Waals surface area (Å²) < 4.78 is 0. The zero-order valence-electron chi connectivity index (χ0n) is 13.1. The summed E-state index contributed by atoms with van der Waals surface area (Å²) >= 11 is 0. The standard InChI is InChI=1S/C17H25NO2/c1-11(2)18-10-12(3)14-7-6-13(8-15(14)18)9-17(4,5)16(19)20/h6-8,11-12H,9-10H2,1-5H3,(H,19,20). The lowest BCUT2D eigenvalue weighted by Gasteiger charge is -2.25. The Morgan fingerprint density at radius 3 is 2.65 bits per heavy atom. The molecule has 3 heteroatoms. The Labute approximate surface area is 121 Å². The van der Waals surface area contributed by atoms with Gasteiger partial charge in [-0.05, 0) is 51.3 Å². The first kappa shape index (κ1) is 14.9. The van der Waals surface area contributed by atoms with Crippen LogP contribution in [0, 0.1) is 5.41 Å². The highest BCUT2D eigenvalue weighted by atomic mass is 16.4. The van der Waals surface area contributed by atoms with E-state index in [-0.39, 0.29) is 0 Å². The number of rotatable bonds is 4. The zero-order chi connectivity index (χ0) is 15.1. The minimum Gasteiger partial charge on any atom is -0.481 e. The summed E-state index contributed by atoms with van der Waals surface area (Å²) in [4.78, 5) is 13.7. The highest BCUT2D eigenvalue weighted by Gasteiger charge is 2.30. The van der Waals surface area contributed by atoms with Crippen LogP contribution < -0.4 is 4.90 Å². The fourth-order valence-corrected chi connectivity index (χ4v) is 2.93. The first-order valence-electron chi connectivity index (χ1n) is 7.35. The molecule has 1 aliphatic heterocycles. The van der Waals surface area contributed by atoms with Crippen LogP contribution in [0.3, 0.4) is 0 Å². The van der Waals surface area contributed by atoms with Crippen LogP contribution in [0.1, 0.15) is 51.7 Å². The van der Waals surface area contributed by atoms with Crippen LogP contribution in [0.4, 0.5) is 5.69 Å². The number of anilines is 1. The number of nitrogens with zero attached hydrogens (tertiary/aromatic N) is 1. The smallest absolute Gasteiger partial charge is 0.309 e. The number of carbonyl (C=O) groups is 1. The molecule has 1 unspecified atom stereocenters. The minimum atomic E-state index is -0.743. The normalized spacial score (nSPS) is 18.5. The summed E-state index contributed by atoms with van der Waals surface area (Å²) in [5, 5.41) is 9.27. The topological polar surface area (TPSA) is 40.5 Å². The van der Waals surface area contributed by atoms with Crippen molar-refractivity contribution in [2.45, 2.75) is 53.0 Å². The monoisotopic (exact) mass is 275 g/mol. The molecule has 0 spiro atoms. The van der Waals surface area contributed by atoms with E-state index in [1.54, 1.807) is 13.8 Å². The van der Waals surface area contributed by atoms with Crippen LogP contribution in [0.5, 0.6) is 0 Å². The van der Waals surface area contributed by atoms with Crippen LogP contribution in [-0.4, -0.2) is 23.7 Å². The third kappa shape index (κ3) is 2.67. The van der Waals surface area contributed by atoms with Gasteiger partial charge >= 0.3 is 5.97 Å². The molecule has 0 fully saturated rings. The summed E-state index contributed by atoms with van der Waals surface area (Å²) in [6, 6.07) is 6.92. The van der Waals surface area contributed by atoms with E-state index in [4.69, 9.17) is 0 Å². The van der Waals surface area contributed by atoms with Gasteiger partial charge in [-0.1, -0.05) is 19.1 Å². The predicted molar refractivity (Wildman–Crippen MR) is 82.5 cm³/mol. The number of carboxylic acid groups (broad SMARTS) is 1.